The van der Waals surface area contributed by atoms with E-state index in [1.807, 2.05) is 39.0 Å². The van der Waals surface area contributed by atoms with Crippen molar-refractivity contribution in [3.8, 4) is 5.75 Å². The normalized spacial score (nSPS) is 20.8. The number of rotatable bonds is 4. The number of benzene rings is 1. The maximum absolute atomic E-state index is 12.5. The smallest absolute Gasteiger partial charge is 0.265 e. The first-order chi connectivity index (χ1) is 12.0. The van der Waals surface area contributed by atoms with Crippen LogP contribution in [0.4, 0.5) is 5.69 Å². The molecule has 0 aliphatic carbocycles. The maximum Gasteiger partial charge on any atom is 0.265 e. The summed E-state index contributed by atoms with van der Waals surface area (Å²) in [6, 6.07) is 5.39. The van der Waals surface area contributed by atoms with E-state index < -0.39 is 6.10 Å². The van der Waals surface area contributed by atoms with Crippen molar-refractivity contribution in [2.24, 2.45) is 0 Å². The third-order valence-corrected chi connectivity index (χ3v) is 4.63. The molecule has 0 fully saturated rings. The first kappa shape index (κ1) is 17.3. The standard InChI is InChI=1S/C19H24N2O4/c1-4-16-19(23)21-15-8-7-13(10-17(15)25-16)11(2)20-18(22)14-6-5-9-24-12(14)3/h7-8,10-11,16H,4-6,9H2,1-3H3,(H,20,22)(H,21,23). The number of hydrogen-bond donors (Lipinski definition) is 2. The van der Waals surface area contributed by atoms with Gasteiger partial charge in [0.05, 0.1) is 23.9 Å². The minimum absolute atomic E-state index is 0.0944. The Labute approximate surface area is 147 Å². The van der Waals surface area contributed by atoms with Crippen LogP contribution in [0.3, 0.4) is 0 Å². The van der Waals surface area contributed by atoms with Crippen molar-refractivity contribution in [2.75, 3.05) is 11.9 Å². The molecular weight excluding hydrogens is 320 g/mol. The molecule has 1 aromatic carbocycles. The fourth-order valence-corrected chi connectivity index (χ4v) is 3.08. The number of nitrogens with one attached hydrogen (secondary N) is 2. The van der Waals surface area contributed by atoms with Gasteiger partial charge in [0.1, 0.15) is 11.5 Å². The number of carbonyl (C=O) groups is 2. The monoisotopic (exact) mass is 344 g/mol. The molecule has 0 saturated heterocycles. The van der Waals surface area contributed by atoms with Gasteiger partial charge in [-0.05, 0) is 50.8 Å². The van der Waals surface area contributed by atoms with E-state index in [2.05, 4.69) is 10.6 Å². The van der Waals surface area contributed by atoms with Gasteiger partial charge in [-0.3, -0.25) is 9.59 Å². The molecule has 2 aliphatic heterocycles. The first-order valence-corrected chi connectivity index (χ1v) is 8.74. The van der Waals surface area contributed by atoms with Crippen LogP contribution in [0.2, 0.25) is 0 Å². The van der Waals surface area contributed by atoms with E-state index in [0.29, 0.717) is 35.8 Å². The largest absolute Gasteiger partial charge is 0.498 e. The second kappa shape index (κ2) is 7.17. The summed E-state index contributed by atoms with van der Waals surface area (Å²) in [7, 11) is 0. The molecule has 0 bridgehead atoms. The molecule has 0 aromatic heterocycles. The molecule has 0 saturated carbocycles. The summed E-state index contributed by atoms with van der Waals surface area (Å²) in [6.07, 6.45) is 1.73. The van der Waals surface area contributed by atoms with Crippen molar-refractivity contribution in [1.29, 1.82) is 0 Å². The SMILES string of the molecule is CCC1Oc2cc(C(C)NC(=O)C3=C(C)OCCC3)ccc2NC1=O. The van der Waals surface area contributed by atoms with E-state index in [0.717, 1.165) is 18.4 Å². The Bertz CT molecular complexity index is 726. The average Bonchev–Trinajstić information content (AvgIpc) is 2.60. The van der Waals surface area contributed by atoms with Crippen LogP contribution in [0.5, 0.6) is 5.75 Å². The molecule has 2 atom stereocenters. The lowest BCUT2D eigenvalue weighted by molar-refractivity contribution is -0.123. The molecule has 25 heavy (non-hydrogen) atoms. The van der Waals surface area contributed by atoms with Crippen LogP contribution in [0.15, 0.2) is 29.5 Å². The van der Waals surface area contributed by atoms with Crippen molar-refractivity contribution in [3.63, 3.8) is 0 Å². The van der Waals surface area contributed by atoms with E-state index >= 15 is 0 Å². The summed E-state index contributed by atoms with van der Waals surface area (Å²) in [6.45, 7) is 6.34. The van der Waals surface area contributed by atoms with E-state index in [4.69, 9.17) is 9.47 Å². The molecule has 6 nitrogen and oxygen atoms in total. The molecule has 2 heterocycles. The van der Waals surface area contributed by atoms with Crippen LogP contribution < -0.4 is 15.4 Å². The lowest BCUT2D eigenvalue weighted by atomic mass is 10.0. The van der Waals surface area contributed by atoms with E-state index in [-0.39, 0.29) is 17.9 Å². The number of carbonyl (C=O) groups excluding carboxylic acids is 2. The van der Waals surface area contributed by atoms with Crippen LogP contribution in [0.1, 0.15) is 51.6 Å². The van der Waals surface area contributed by atoms with Crippen LogP contribution >= 0.6 is 0 Å². The summed E-state index contributed by atoms with van der Waals surface area (Å²) in [4.78, 5) is 24.3. The number of fused-ring (bicyclic) bond motifs is 1. The van der Waals surface area contributed by atoms with Gasteiger partial charge >= 0.3 is 0 Å². The first-order valence-electron chi connectivity index (χ1n) is 8.74. The van der Waals surface area contributed by atoms with Crippen LogP contribution in [0.25, 0.3) is 0 Å². The molecule has 2 aliphatic rings. The minimum atomic E-state index is -0.472. The predicted octanol–water partition coefficient (Wildman–Crippen LogP) is 3.06. The highest BCUT2D eigenvalue weighted by Gasteiger charge is 2.27. The molecule has 134 valence electrons. The quantitative estimate of drug-likeness (QED) is 0.880. The molecule has 2 unspecified atom stereocenters. The Morgan fingerprint density at radius 2 is 2.24 bits per heavy atom. The number of amides is 2. The van der Waals surface area contributed by atoms with Crippen LogP contribution in [-0.2, 0) is 14.3 Å². The summed E-state index contributed by atoms with van der Waals surface area (Å²) < 4.78 is 11.2. The fourth-order valence-electron chi connectivity index (χ4n) is 3.08. The van der Waals surface area contributed by atoms with E-state index in [9.17, 15) is 9.59 Å². The molecule has 0 radical (unpaired) electrons. The molecule has 1 aromatic rings. The van der Waals surface area contributed by atoms with Gasteiger partial charge < -0.3 is 20.1 Å². The van der Waals surface area contributed by atoms with Crippen LogP contribution in [0, 0.1) is 0 Å². The average molecular weight is 344 g/mol. The second-order valence-corrected chi connectivity index (χ2v) is 6.44. The summed E-state index contributed by atoms with van der Waals surface area (Å²) in [5.41, 5.74) is 2.30. The van der Waals surface area contributed by atoms with Crippen molar-refractivity contribution in [3.05, 3.63) is 35.1 Å². The lowest BCUT2D eigenvalue weighted by Gasteiger charge is -2.26. The number of ether oxygens (including phenoxy) is 2. The molecule has 3 rings (SSSR count). The Morgan fingerprint density at radius 3 is 2.96 bits per heavy atom. The predicted molar refractivity (Wildman–Crippen MR) is 94.2 cm³/mol. The molecule has 2 amide bonds. The fraction of sp³-hybridized carbons (Fsp3) is 0.474. The number of allylic oxidation sites excluding steroid dienone is 1. The van der Waals surface area contributed by atoms with Crippen molar-refractivity contribution in [2.45, 2.75) is 52.2 Å². The van der Waals surface area contributed by atoms with Gasteiger partial charge in [-0.1, -0.05) is 13.0 Å². The van der Waals surface area contributed by atoms with Gasteiger partial charge in [0.2, 0.25) is 0 Å². The van der Waals surface area contributed by atoms with E-state index in [1.54, 1.807) is 0 Å². The summed E-state index contributed by atoms with van der Waals surface area (Å²) in [5, 5.41) is 5.87. The Morgan fingerprint density at radius 1 is 1.44 bits per heavy atom. The summed E-state index contributed by atoms with van der Waals surface area (Å²) in [5.74, 6) is 1.13. The topological polar surface area (TPSA) is 76.7 Å². The van der Waals surface area contributed by atoms with Gasteiger partial charge in [-0.2, -0.15) is 0 Å². The summed E-state index contributed by atoms with van der Waals surface area (Å²) >= 11 is 0. The van der Waals surface area contributed by atoms with Gasteiger partial charge in [-0.25, -0.2) is 0 Å². The van der Waals surface area contributed by atoms with Gasteiger partial charge in [-0.15, -0.1) is 0 Å². The van der Waals surface area contributed by atoms with Gasteiger partial charge in [0.15, 0.2) is 6.10 Å². The highest BCUT2D eigenvalue weighted by atomic mass is 16.5. The Kier molecular flexibility index (Phi) is 4.97. The Balaban J connectivity index is 1.74. The highest BCUT2D eigenvalue weighted by molar-refractivity contribution is 5.97. The van der Waals surface area contributed by atoms with Crippen LogP contribution in [-0.4, -0.2) is 24.5 Å². The molecule has 2 N–H and O–H groups in total. The molecular formula is C19H24N2O4. The van der Waals surface area contributed by atoms with Crippen molar-refractivity contribution in [1.82, 2.24) is 5.32 Å². The minimum Gasteiger partial charge on any atom is -0.498 e. The number of hydrogen-bond acceptors (Lipinski definition) is 4. The zero-order valence-corrected chi connectivity index (χ0v) is 14.8. The lowest BCUT2D eigenvalue weighted by Crippen LogP contribution is -2.36. The van der Waals surface area contributed by atoms with Gasteiger partial charge in [0.25, 0.3) is 11.8 Å². The maximum atomic E-state index is 12.5. The highest BCUT2D eigenvalue weighted by Crippen LogP contribution is 2.33. The number of anilines is 1. The zero-order chi connectivity index (χ0) is 18.0. The Hall–Kier alpha value is -2.50. The second-order valence-electron chi connectivity index (χ2n) is 6.44. The third kappa shape index (κ3) is 3.62. The zero-order valence-electron chi connectivity index (χ0n) is 14.8. The molecule has 0 spiro atoms. The van der Waals surface area contributed by atoms with Crippen molar-refractivity contribution >= 4 is 17.5 Å². The molecule has 6 heteroatoms. The third-order valence-electron chi connectivity index (χ3n) is 4.63. The van der Waals surface area contributed by atoms with Crippen molar-refractivity contribution < 1.29 is 19.1 Å². The van der Waals surface area contributed by atoms with Gasteiger partial charge in [0, 0.05) is 0 Å². The van der Waals surface area contributed by atoms with E-state index in [1.165, 1.54) is 0 Å².